The molecule has 1 aliphatic heterocycles. The highest BCUT2D eigenvalue weighted by Gasteiger charge is 2.35. The van der Waals surface area contributed by atoms with Crippen molar-refractivity contribution >= 4 is 11.6 Å². The van der Waals surface area contributed by atoms with E-state index in [1.807, 2.05) is 19.1 Å². The molecular weight excluding hydrogens is 321 g/mol. The van der Waals surface area contributed by atoms with Crippen LogP contribution in [0.3, 0.4) is 0 Å². The van der Waals surface area contributed by atoms with E-state index in [9.17, 15) is 18.0 Å². The molecular formula is C16H17F3N4O. The number of aryl methyl sites for hydroxylation is 1. The highest BCUT2D eigenvalue weighted by atomic mass is 19.4. The maximum atomic E-state index is 13.2. The smallest absolute Gasteiger partial charge is 0.327 e. The zero-order valence-electron chi connectivity index (χ0n) is 13.3. The molecule has 2 aromatic rings. The van der Waals surface area contributed by atoms with Gasteiger partial charge in [-0.05, 0) is 19.4 Å². The van der Waals surface area contributed by atoms with Gasteiger partial charge < -0.3 is 4.90 Å². The number of halogens is 3. The van der Waals surface area contributed by atoms with Crippen LogP contribution in [0.1, 0.15) is 41.6 Å². The lowest BCUT2D eigenvalue weighted by Gasteiger charge is -2.23. The molecule has 0 saturated carbocycles. The fourth-order valence-electron chi connectivity index (χ4n) is 2.91. The topological polar surface area (TPSA) is 50.5 Å². The number of nitrogens with zero attached hydrogens (tertiary/aromatic N) is 4. The van der Waals surface area contributed by atoms with Crippen molar-refractivity contribution in [3.8, 4) is 0 Å². The van der Waals surface area contributed by atoms with Gasteiger partial charge in [0.2, 0.25) is 0 Å². The molecule has 1 amide bonds. The molecule has 0 spiro atoms. The van der Waals surface area contributed by atoms with Crippen molar-refractivity contribution in [1.82, 2.24) is 19.5 Å². The predicted octanol–water partition coefficient (Wildman–Crippen LogP) is 3.24. The average Bonchev–Trinajstić information content (AvgIpc) is 3.11. The van der Waals surface area contributed by atoms with Crippen molar-refractivity contribution in [3.05, 3.63) is 41.4 Å². The maximum Gasteiger partial charge on any atom is 0.433 e. The molecule has 3 rings (SSSR count). The summed E-state index contributed by atoms with van der Waals surface area (Å²) >= 11 is 0. The van der Waals surface area contributed by atoms with Crippen LogP contribution in [-0.2, 0) is 6.18 Å². The minimum atomic E-state index is -4.57. The Morgan fingerprint density at radius 2 is 2.12 bits per heavy atom. The maximum absolute atomic E-state index is 13.2. The quantitative estimate of drug-likeness (QED) is 0.808. The van der Waals surface area contributed by atoms with Gasteiger partial charge in [-0.15, -0.1) is 0 Å². The van der Waals surface area contributed by atoms with Gasteiger partial charge in [-0.3, -0.25) is 4.79 Å². The Kier molecular flexibility index (Phi) is 4.06. The number of carbonyl (C=O) groups excluding carboxylic acids is 1. The molecule has 0 aliphatic carbocycles. The van der Waals surface area contributed by atoms with Crippen molar-refractivity contribution in [2.75, 3.05) is 6.54 Å². The summed E-state index contributed by atoms with van der Waals surface area (Å²) in [5.74, 6) is -0.380. The van der Waals surface area contributed by atoms with E-state index in [1.54, 1.807) is 4.90 Å². The zero-order chi connectivity index (χ0) is 17.5. The van der Waals surface area contributed by atoms with Crippen LogP contribution in [0.5, 0.6) is 0 Å². The summed E-state index contributed by atoms with van der Waals surface area (Å²) in [7, 11) is 0. The molecule has 0 saturated heterocycles. The van der Waals surface area contributed by atoms with Crippen molar-refractivity contribution in [1.29, 1.82) is 0 Å². The van der Waals surface area contributed by atoms with Gasteiger partial charge in [-0.2, -0.15) is 18.3 Å². The van der Waals surface area contributed by atoms with Crippen LogP contribution in [0, 0.1) is 6.92 Å². The van der Waals surface area contributed by atoms with Crippen LogP contribution in [-0.4, -0.2) is 38.0 Å². The second-order valence-corrected chi connectivity index (χ2v) is 5.82. The Labute approximate surface area is 136 Å². The standard InChI is InChI=1S/C16H17F3N4O/c1-3-5-11-6-4-7-22(11)15(24)12-9-14-20-10(2)8-13(16(17,18)19)23(14)21-12/h4,6,8-9,11H,3,5,7H2,1-2H3/t11-/m0/s1. The largest absolute Gasteiger partial charge is 0.433 e. The van der Waals surface area contributed by atoms with E-state index in [1.165, 1.54) is 13.0 Å². The van der Waals surface area contributed by atoms with Crippen LogP contribution >= 0.6 is 0 Å². The number of alkyl halides is 3. The van der Waals surface area contributed by atoms with Gasteiger partial charge in [0.15, 0.2) is 11.3 Å². The van der Waals surface area contributed by atoms with Gasteiger partial charge in [-0.25, -0.2) is 9.50 Å². The van der Waals surface area contributed by atoms with Crippen molar-refractivity contribution in [3.63, 3.8) is 0 Å². The van der Waals surface area contributed by atoms with Crippen molar-refractivity contribution < 1.29 is 18.0 Å². The van der Waals surface area contributed by atoms with E-state index < -0.39 is 11.9 Å². The van der Waals surface area contributed by atoms with E-state index in [2.05, 4.69) is 10.1 Å². The predicted molar refractivity (Wildman–Crippen MR) is 81.6 cm³/mol. The van der Waals surface area contributed by atoms with E-state index in [0.29, 0.717) is 11.1 Å². The summed E-state index contributed by atoms with van der Waals surface area (Å²) < 4.78 is 40.2. The fourth-order valence-corrected chi connectivity index (χ4v) is 2.91. The normalized spacial score (nSPS) is 17.9. The van der Waals surface area contributed by atoms with E-state index in [-0.39, 0.29) is 29.0 Å². The van der Waals surface area contributed by atoms with Gasteiger partial charge in [0, 0.05) is 18.3 Å². The Hall–Kier alpha value is -2.38. The molecule has 0 unspecified atom stereocenters. The minimum Gasteiger partial charge on any atom is -0.327 e. The van der Waals surface area contributed by atoms with Crippen LogP contribution in [0.25, 0.3) is 5.65 Å². The fraction of sp³-hybridized carbons (Fsp3) is 0.438. The molecule has 24 heavy (non-hydrogen) atoms. The molecule has 5 nitrogen and oxygen atoms in total. The van der Waals surface area contributed by atoms with Gasteiger partial charge in [0.1, 0.15) is 5.69 Å². The second kappa shape index (κ2) is 5.92. The molecule has 0 N–H and O–H groups in total. The lowest BCUT2D eigenvalue weighted by molar-refractivity contribution is -0.142. The molecule has 8 heteroatoms. The number of rotatable bonds is 3. The van der Waals surface area contributed by atoms with E-state index >= 15 is 0 Å². The summed E-state index contributed by atoms with van der Waals surface area (Å²) in [4.78, 5) is 18.3. The first-order chi connectivity index (χ1) is 11.3. The summed E-state index contributed by atoms with van der Waals surface area (Å²) in [5.41, 5.74) is -0.720. The first-order valence-electron chi connectivity index (χ1n) is 7.73. The summed E-state index contributed by atoms with van der Waals surface area (Å²) in [5, 5.41) is 3.87. The van der Waals surface area contributed by atoms with Crippen molar-refractivity contribution in [2.24, 2.45) is 0 Å². The lowest BCUT2D eigenvalue weighted by Crippen LogP contribution is -2.36. The van der Waals surface area contributed by atoms with Gasteiger partial charge in [0.05, 0.1) is 6.04 Å². The molecule has 1 aliphatic rings. The monoisotopic (exact) mass is 338 g/mol. The molecule has 128 valence electrons. The molecule has 0 fully saturated rings. The Balaban J connectivity index is 2.01. The Morgan fingerprint density at radius 1 is 1.38 bits per heavy atom. The molecule has 0 bridgehead atoms. The Bertz CT molecular complexity index is 809. The third-order valence-corrected chi connectivity index (χ3v) is 3.97. The summed E-state index contributed by atoms with van der Waals surface area (Å²) in [6.07, 6.45) is 0.972. The molecule has 1 atom stereocenters. The lowest BCUT2D eigenvalue weighted by atomic mass is 10.1. The van der Waals surface area contributed by atoms with Crippen LogP contribution in [0.4, 0.5) is 13.2 Å². The number of aromatic nitrogens is 3. The third-order valence-electron chi connectivity index (χ3n) is 3.97. The molecule has 2 aromatic heterocycles. The van der Waals surface area contributed by atoms with Crippen LogP contribution in [0.2, 0.25) is 0 Å². The highest BCUT2D eigenvalue weighted by Crippen LogP contribution is 2.30. The van der Waals surface area contributed by atoms with Gasteiger partial charge in [0.25, 0.3) is 5.91 Å². The van der Waals surface area contributed by atoms with Crippen molar-refractivity contribution in [2.45, 2.75) is 38.9 Å². The number of fused-ring (bicyclic) bond motifs is 1. The highest BCUT2D eigenvalue weighted by molar-refractivity contribution is 5.94. The summed E-state index contributed by atoms with van der Waals surface area (Å²) in [6, 6.07) is 2.20. The molecule has 0 radical (unpaired) electrons. The number of hydrogen-bond donors (Lipinski definition) is 0. The number of hydrogen-bond acceptors (Lipinski definition) is 3. The van der Waals surface area contributed by atoms with E-state index in [0.717, 1.165) is 18.9 Å². The third kappa shape index (κ3) is 2.88. The number of amides is 1. The second-order valence-electron chi connectivity index (χ2n) is 5.82. The van der Waals surface area contributed by atoms with Gasteiger partial charge in [-0.1, -0.05) is 25.5 Å². The minimum absolute atomic E-state index is 0.0184. The first-order valence-corrected chi connectivity index (χ1v) is 7.73. The Morgan fingerprint density at radius 3 is 2.79 bits per heavy atom. The van der Waals surface area contributed by atoms with E-state index in [4.69, 9.17) is 0 Å². The molecule has 3 heterocycles. The molecule has 0 aromatic carbocycles. The SMILES string of the molecule is CCC[C@H]1C=CCN1C(=O)c1cc2nc(C)cc(C(F)(F)F)n2n1. The summed E-state index contributed by atoms with van der Waals surface area (Å²) in [6.45, 7) is 3.93. The van der Waals surface area contributed by atoms with Gasteiger partial charge >= 0.3 is 6.18 Å². The average molecular weight is 338 g/mol. The number of carbonyl (C=O) groups is 1. The zero-order valence-corrected chi connectivity index (χ0v) is 13.3. The first kappa shape index (κ1) is 16.5. The van der Waals surface area contributed by atoms with Crippen LogP contribution < -0.4 is 0 Å². The van der Waals surface area contributed by atoms with Crippen LogP contribution in [0.15, 0.2) is 24.3 Å².